The Morgan fingerprint density at radius 1 is 1.24 bits per heavy atom. The summed E-state index contributed by atoms with van der Waals surface area (Å²) in [5.74, 6) is 0.535. The molecular weight excluding hydrogens is 251 g/mol. The summed E-state index contributed by atoms with van der Waals surface area (Å²) in [4.78, 5) is 0. The summed E-state index contributed by atoms with van der Waals surface area (Å²) in [5.41, 5.74) is 0. The molecule has 1 aromatic heterocycles. The fourth-order valence-electron chi connectivity index (χ4n) is 1.18. The second-order valence-corrected chi connectivity index (χ2v) is 5.38. The van der Waals surface area contributed by atoms with Gasteiger partial charge in [-0.2, -0.15) is 13.2 Å². The van der Waals surface area contributed by atoms with Crippen molar-refractivity contribution >= 4 is 11.3 Å². The zero-order valence-electron chi connectivity index (χ0n) is 9.84. The highest BCUT2D eigenvalue weighted by molar-refractivity contribution is 7.11. The number of halogens is 3. The molecule has 0 saturated heterocycles. The number of nitrogens with zero attached hydrogens (tertiary/aromatic N) is 2. The highest BCUT2D eigenvalue weighted by Crippen LogP contribution is 2.23. The third kappa shape index (κ3) is 6.58. The van der Waals surface area contributed by atoms with Crippen molar-refractivity contribution in [3.05, 3.63) is 10.0 Å². The molecular formula is C10H16F3N3S. The molecule has 1 N–H and O–H groups in total. The van der Waals surface area contributed by atoms with Gasteiger partial charge in [0.05, 0.1) is 0 Å². The first-order valence-corrected chi connectivity index (χ1v) is 6.27. The van der Waals surface area contributed by atoms with E-state index in [4.69, 9.17) is 0 Å². The van der Waals surface area contributed by atoms with E-state index < -0.39 is 12.6 Å². The lowest BCUT2D eigenvalue weighted by molar-refractivity contribution is -0.134. The van der Waals surface area contributed by atoms with Crippen LogP contribution in [0, 0.1) is 5.92 Å². The van der Waals surface area contributed by atoms with E-state index in [0.29, 0.717) is 17.5 Å². The summed E-state index contributed by atoms with van der Waals surface area (Å²) in [6.07, 6.45) is -5.03. The van der Waals surface area contributed by atoms with Gasteiger partial charge in [-0.3, -0.25) is 0 Å². The fraction of sp³-hybridized carbons (Fsp3) is 0.800. The molecule has 0 unspecified atom stereocenters. The number of rotatable bonds is 6. The van der Waals surface area contributed by atoms with Crippen LogP contribution in [0.15, 0.2) is 0 Å². The van der Waals surface area contributed by atoms with Crippen molar-refractivity contribution in [2.24, 2.45) is 5.92 Å². The van der Waals surface area contributed by atoms with Crippen LogP contribution < -0.4 is 5.32 Å². The van der Waals surface area contributed by atoms with Crippen LogP contribution in [0.3, 0.4) is 0 Å². The van der Waals surface area contributed by atoms with Crippen LogP contribution in [-0.2, 0) is 13.0 Å². The molecule has 0 fully saturated rings. The topological polar surface area (TPSA) is 37.8 Å². The minimum atomic E-state index is -4.12. The maximum absolute atomic E-state index is 12.0. The summed E-state index contributed by atoms with van der Waals surface area (Å²) < 4.78 is 36.0. The Morgan fingerprint density at radius 2 is 1.88 bits per heavy atom. The molecule has 1 heterocycles. The van der Waals surface area contributed by atoms with E-state index in [-0.39, 0.29) is 6.42 Å². The molecule has 0 radical (unpaired) electrons. The van der Waals surface area contributed by atoms with E-state index in [9.17, 15) is 13.2 Å². The van der Waals surface area contributed by atoms with E-state index in [2.05, 4.69) is 29.4 Å². The van der Waals surface area contributed by atoms with Crippen molar-refractivity contribution < 1.29 is 13.2 Å². The summed E-state index contributed by atoms with van der Waals surface area (Å²) in [6, 6.07) is 0. The molecule has 0 atom stereocenters. The Morgan fingerprint density at radius 3 is 2.47 bits per heavy atom. The fourth-order valence-corrected chi connectivity index (χ4v) is 1.99. The van der Waals surface area contributed by atoms with Crippen molar-refractivity contribution in [1.82, 2.24) is 15.5 Å². The van der Waals surface area contributed by atoms with Gasteiger partial charge >= 0.3 is 6.18 Å². The summed E-state index contributed by atoms with van der Waals surface area (Å²) in [5, 5.41) is 12.0. The Balaban J connectivity index is 2.32. The lowest BCUT2D eigenvalue weighted by Gasteiger charge is -2.04. The van der Waals surface area contributed by atoms with Gasteiger partial charge in [0.15, 0.2) is 0 Å². The van der Waals surface area contributed by atoms with Gasteiger partial charge in [0.25, 0.3) is 0 Å². The van der Waals surface area contributed by atoms with E-state index in [1.807, 2.05) is 0 Å². The lowest BCUT2D eigenvalue weighted by Crippen LogP contribution is -2.18. The van der Waals surface area contributed by atoms with Gasteiger partial charge in [0.1, 0.15) is 10.0 Å². The molecule has 0 saturated carbocycles. The summed E-state index contributed by atoms with van der Waals surface area (Å²) in [6.45, 7) is 5.60. The zero-order chi connectivity index (χ0) is 12.9. The van der Waals surface area contributed by atoms with Gasteiger partial charge in [-0.25, -0.2) is 0 Å². The Hall–Kier alpha value is -0.690. The molecule has 0 aromatic carbocycles. The van der Waals surface area contributed by atoms with E-state index in [0.717, 1.165) is 11.6 Å². The average molecular weight is 267 g/mol. The standard InChI is InChI=1S/C10H16F3N3S/c1-7(2)5-14-6-9-16-15-8(17-9)3-4-10(11,12)13/h7,14H,3-6H2,1-2H3. The molecule has 0 bridgehead atoms. The molecule has 98 valence electrons. The first-order valence-electron chi connectivity index (χ1n) is 5.45. The van der Waals surface area contributed by atoms with E-state index in [1.54, 1.807) is 0 Å². The predicted molar refractivity (Wildman–Crippen MR) is 60.8 cm³/mol. The molecule has 7 heteroatoms. The number of nitrogens with one attached hydrogen (secondary N) is 1. The first kappa shape index (κ1) is 14.4. The molecule has 0 aliphatic rings. The minimum absolute atomic E-state index is 0.0780. The van der Waals surface area contributed by atoms with Gasteiger partial charge in [0.2, 0.25) is 0 Å². The van der Waals surface area contributed by atoms with Crippen molar-refractivity contribution in [2.75, 3.05) is 6.54 Å². The van der Waals surface area contributed by atoms with Gasteiger partial charge < -0.3 is 5.32 Å². The number of hydrogen-bond donors (Lipinski definition) is 1. The molecule has 0 aliphatic heterocycles. The lowest BCUT2D eigenvalue weighted by atomic mass is 10.2. The largest absolute Gasteiger partial charge is 0.389 e. The van der Waals surface area contributed by atoms with Crippen LogP contribution in [0.25, 0.3) is 0 Å². The Bertz CT molecular complexity index is 336. The third-order valence-electron chi connectivity index (χ3n) is 1.96. The van der Waals surface area contributed by atoms with Gasteiger partial charge in [0, 0.05) is 19.4 Å². The molecule has 17 heavy (non-hydrogen) atoms. The van der Waals surface area contributed by atoms with Gasteiger partial charge in [-0.05, 0) is 12.5 Å². The van der Waals surface area contributed by atoms with Crippen molar-refractivity contribution in [2.45, 2.75) is 39.4 Å². The number of aromatic nitrogens is 2. The maximum atomic E-state index is 12.0. The predicted octanol–water partition coefficient (Wildman–Crippen LogP) is 2.78. The SMILES string of the molecule is CC(C)CNCc1nnc(CCC(F)(F)F)s1. The normalized spacial score (nSPS) is 12.4. The van der Waals surface area contributed by atoms with Crippen LogP contribution in [0.5, 0.6) is 0 Å². The summed E-state index contributed by atoms with van der Waals surface area (Å²) >= 11 is 1.24. The first-order chi connectivity index (χ1) is 7.87. The highest BCUT2D eigenvalue weighted by atomic mass is 32.1. The van der Waals surface area contributed by atoms with Gasteiger partial charge in [-0.15, -0.1) is 21.5 Å². The van der Waals surface area contributed by atoms with E-state index >= 15 is 0 Å². The van der Waals surface area contributed by atoms with Crippen LogP contribution in [-0.4, -0.2) is 22.9 Å². The molecule has 0 aliphatic carbocycles. The zero-order valence-corrected chi connectivity index (χ0v) is 10.7. The van der Waals surface area contributed by atoms with Crippen LogP contribution >= 0.6 is 11.3 Å². The molecule has 1 aromatic rings. The molecule has 0 amide bonds. The smallest absolute Gasteiger partial charge is 0.310 e. The molecule has 3 nitrogen and oxygen atoms in total. The Labute approximate surface area is 102 Å². The molecule has 0 spiro atoms. The minimum Gasteiger partial charge on any atom is -0.310 e. The summed E-state index contributed by atoms with van der Waals surface area (Å²) in [7, 11) is 0. The quantitative estimate of drug-likeness (QED) is 0.861. The number of alkyl halides is 3. The maximum Gasteiger partial charge on any atom is 0.389 e. The van der Waals surface area contributed by atoms with Crippen molar-refractivity contribution in [3.8, 4) is 0 Å². The third-order valence-corrected chi connectivity index (χ3v) is 2.94. The monoisotopic (exact) mass is 267 g/mol. The van der Waals surface area contributed by atoms with Crippen molar-refractivity contribution in [3.63, 3.8) is 0 Å². The van der Waals surface area contributed by atoms with Gasteiger partial charge in [-0.1, -0.05) is 13.8 Å². The van der Waals surface area contributed by atoms with E-state index in [1.165, 1.54) is 11.3 Å². The second kappa shape index (κ2) is 6.30. The Kier molecular flexibility index (Phi) is 5.32. The number of aryl methyl sites for hydroxylation is 1. The number of hydrogen-bond acceptors (Lipinski definition) is 4. The van der Waals surface area contributed by atoms with Crippen LogP contribution in [0.1, 0.15) is 30.3 Å². The average Bonchev–Trinajstić information content (AvgIpc) is 2.61. The highest BCUT2D eigenvalue weighted by Gasteiger charge is 2.27. The molecule has 1 rings (SSSR count). The van der Waals surface area contributed by atoms with Crippen molar-refractivity contribution in [1.29, 1.82) is 0 Å². The second-order valence-electron chi connectivity index (χ2n) is 4.23. The van der Waals surface area contributed by atoms with Crippen LogP contribution in [0.4, 0.5) is 13.2 Å². The van der Waals surface area contributed by atoms with Crippen LogP contribution in [0.2, 0.25) is 0 Å².